The molecule has 5 heteroatoms. The lowest BCUT2D eigenvalue weighted by atomic mass is 10.1. The second kappa shape index (κ2) is 6.42. The van der Waals surface area contributed by atoms with Crippen molar-refractivity contribution < 1.29 is 18.7 Å². The number of fused-ring (bicyclic) bond motifs is 1. The zero-order chi connectivity index (χ0) is 16.4. The van der Waals surface area contributed by atoms with E-state index in [4.69, 9.17) is 13.9 Å². The van der Waals surface area contributed by atoms with Crippen molar-refractivity contribution >= 4 is 14.1 Å². The third kappa shape index (κ3) is 3.90. The van der Waals surface area contributed by atoms with Crippen LogP contribution in [0.15, 0.2) is 18.2 Å². The lowest BCUT2D eigenvalue weighted by Crippen LogP contribution is -2.41. The summed E-state index contributed by atoms with van der Waals surface area (Å²) in [7, 11) is -1.79. The largest absolute Gasteiger partial charge is 0.486 e. The molecule has 0 amide bonds. The number of rotatable bonds is 5. The topological polar surface area (TPSA) is 44.8 Å². The number of Topliss-reactive ketones (excluding diaryl/α,β-unsaturated/α-hetero) is 1. The average molecular weight is 322 g/mol. The summed E-state index contributed by atoms with van der Waals surface area (Å²) in [6.45, 7) is 12.5. The van der Waals surface area contributed by atoms with Crippen LogP contribution < -0.4 is 9.47 Å². The van der Waals surface area contributed by atoms with Crippen LogP contribution >= 0.6 is 0 Å². The van der Waals surface area contributed by atoms with Crippen molar-refractivity contribution in [2.45, 2.75) is 45.3 Å². The number of carbonyl (C=O) groups is 1. The number of ether oxygens (including phenoxy) is 2. The van der Waals surface area contributed by atoms with Gasteiger partial charge in [0.2, 0.25) is 0 Å². The molecular weight excluding hydrogens is 296 g/mol. The van der Waals surface area contributed by atoms with Crippen molar-refractivity contribution in [3.05, 3.63) is 23.8 Å². The lowest BCUT2D eigenvalue weighted by Gasteiger charge is -2.36. The van der Waals surface area contributed by atoms with Crippen molar-refractivity contribution in [2.24, 2.45) is 0 Å². The fourth-order valence-corrected chi connectivity index (χ4v) is 3.02. The molecule has 0 unspecified atom stereocenters. The van der Waals surface area contributed by atoms with Gasteiger partial charge in [0.25, 0.3) is 0 Å². The molecule has 1 aromatic carbocycles. The molecule has 122 valence electrons. The Morgan fingerprint density at radius 1 is 1.18 bits per heavy atom. The molecule has 0 N–H and O–H groups in total. The molecule has 0 atom stereocenters. The minimum absolute atomic E-state index is 0.0793. The minimum Gasteiger partial charge on any atom is -0.486 e. The SMILES string of the molecule is CC(C)(C)[Si](C)(C)OCCC(=O)c1ccc2c(c1)OCCO2. The number of ketones is 1. The molecule has 1 aliphatic heterocycles. The van der Waals surface area contributed by atoms with E-state index in [0.717, 1.165) is 0 Å². The van der Waals surface area contributed by atoms with Crippen LogP contribution in [0.1, 0.15) is 37.6 Å². The highest BCUT2D eigenvalue weighted by Crippen LogP contribution is 2.36. The van der Waals surface area contributed by atoms with Gasteiger partial charge in [0, 0.05) is 18.6 Å². The van der Waals surface area contributed by atoms with Gasteiger partial charge in [0.05, 0.1) is 0 Å². The van der Waals surface area contributed by atoms with Gasteiger partial charge in [-0.25, -0.2) is 0 Å². The Hall–Kier alpha value is -1.33. The molecule has 22 heavy (non-hydrogen) atoms. The molecule has 0 bridgehead atoms. The van der Waals surface area contributed by atoms with Crippen LogP contribution in [0, 0.1) is 0 Å². The summed E-state index contributed by atoms with van der Waals surface area (Å²) in [5.41, 5.74) is 0.656. The van der Waals surface area contributed by atoms with Crippen LogP contribution in [0.25, 0.3) is 0 Å². The predicted molar refractivity (Wildman–Crippen MR) is 89.5 cm³/mol. The molecule has 0 radical (unpaired) electrons. The smallest absolute Gasteiger partial charge is 0.191 e. The first-order valence-electron chi connectivity index (χ1n) is 7.77. The highest BCUT2D eigenvalue weighted by atomic mass is 28.4. The van der Waals surface area contributed by atoms with E-state index in [-0.39, 0.29) is 10.8 Å². The average Bonchev–Trinajstić information content (AvgIpc) is 2.45. The number of hydrogen-bond donors (Lipinski definition) is 0. The molecule has 0 spiro atoms. The molecule has 0 aliphatic carbocycles. The molecular formula is C17H26O4Si. The van der Waals surface area contributed by atoms with E-state index in [1.165, 1.54) is 0 Å². The van der Waals surface area contributed by atoms with Crippen LogP contribution in [0.4, 0.5) is 0 Å². The first kappa shape index (κ1) is 17.0. The predicted octanol–water partition coefficient (Wildman–Crippen LogP) is 4.05. The number of benzene rings is 1. The van der Waals surface area contributed by atoms with Crippen LogP contribution in [-0.2, 0) is 4.43 Å². The molecule has 2 rings (SSSR count). The first-order valence-corrected chi connectivity index (χ1v) is 10.7. The summed E-state index contributed by atoms with van der Waals surface area (Å²) in [5.74, 6) is 1.44. The zero-order valence-electron chi connectivity index (χ0n) is 14.2. The van der Waals surface area contributed by atoms with Gasteiger partial charge in [0.1, 0.15) is 13.2 Å². The van der Waals surface area contributed by atoms with Crippen molar-refractivity contribution in [3.8, 4) is 11.5 Å². The summed E-state index contributed by atoms with van der Waals surface area (Å²) in [4.78, 5) is 12.3. The molecule has 0 fully saturated rings. The maximum Gasteiger partial charge on any atom is 0.191 e. The Morgan fingerprint density at radius 2 is 1.82 bits per heavy atom. The minimum atomic E-state index is -1.79. The van der Waals surface area contributed by atoms with Gasteiger partial charge in [-0.05, 0) is 36.3 Å². The summed E-state index contributed by atoms with van der Waals surface area (Å²) < 4.78 is 17.0. The van der Waals surface area contributed by atoms with Crippen molar-refractivity contribution in [2.75, 3.05) is 19.8 Å². The van der Waals surface area contributed by atoms with Crippen LogP contribution in [0.5, 0.6) is 11.5 Å². The molecule has 0 saturated heterocycles. The molecule has 0 aromatic heterocycles. The molecule has 4 nitrogen and oxygen atoms in total. The lowest BCUT2D eigenvalue weighted by molar-refractivity contribution is 0.0957. The highest BCUT2D eigenvalue weighted by Gasteiger charge is 2.37. The van der Waals surface area contributed by atoms with E-state index in [0.29, 0.717) is 43.3 Å². The molecule has 1 aromatic rings. The van der Waals surface area contributed by atoms with Crippen molar-refractivity contribution in [1.82, 2.24) is 0 Å². The van der Waals surface area contributed by atoms with Gasteiger partial charge in [-0.15, -0.1) is 0 Å². The van der Waals surface area contributed by atoms with Gasteiger partial charge in [-0.1, -0.05) is 20.8 Å². The third-order valence-electron chi connectivity index (χ3n) is 4.46. The Labute approximate surface area is 133 Å². The monoisotopic (exact) mass is 322 g/mol. The fraction of sp³-hybridized carbons (Fsp3) is 0.588. The van der Waals surface area contributed by atoms with Gasteiger partial charge in [-0.3, -0.25) is 4.79 Å². The van der Waals surface area contributed by atoms with E-state index in [2.05, 4.69) is 33.9 Å². The maximum absolute atomic E-state index is 12.3. The Kier molecular flexibility index (Phi) is 4.97. The first-order chi connectivity index (χ1) is 10.2. The second-order valence-corrected chi connectivity index (χ2v) is 11.9. The standard InChI is InChI=1S/C17H26O4Si/c1-17(2,3)22(4,5)21-9-8-14(18)13-6-7-15-16(12-13)20-11-10-19-15/h6-7,12H,8-11H2,1-5H3. The van der Waals surface area contributed by atoms with E-state index in [1.807, 2.05) is 0 Å². The van der Waals surface area contributed by atoms with Gasteiger partial charge < -0.3 is 13.9 Å². The fourth-order valence-electron chi connectivity index (χ4n) is 1.98. The zero-order valence-corrected chi connectivity index (χ0v) is 15.2. The van der Waals surface area contributed by atoms with Gasteiger partial charge in [0.15, 0.2) is 25.6 Å². The quantitative estimate of drug-likeness (QED) is 0.606. The van der Waals surface area contributed by atoms with E-state index >= 15 is 0 Å². The van der Waals surface area contributed by atoms with Gasteiger partial charge in [-0.2, -0.15) is 0 Å². The van der Waals surface area contributed by atoms with Crippen LogP contribution in [0.3, 0.4) is 0 Å². The number of hydrogen-bond acceptors (Lipinski definition) is 4. The summed E-state index contributed by atoms with van der Waals surface area (Å²) in [5, 5.41) is 0.160. The molecule has 1 heterocycles. The van der Waals surface area contributed by atoms with E-state index in [9.17, 15) is 4.79 Å². The Morgan fingerprint density at radius 3 is 2.45 bits per heavy atom. The van der Waals surface area contributed by atoms with Crippen molar-refractivity contribution in [1.29, 1.82) is 0 Å². The van der Waals surface area contributed by atoms with Crippen LogP contribution in [-0.4, -0.2) is 33.9 Å². The molecule has 0 saturated carbocycles. The van der Waals surface area contributed by atoms with Gasteiger partial charge >= 0.3 is 0 Å². The van der Waals surface area contributed by atoms with Crippen LogP contribution in [0.2, 0.25) is 18.1 Å². The maximum atomic E-state index is 12.3. The highest BCUT2D eigenvalue weighted by molar-refractivity contribution is 6.74. The Balaban J connectivity index is 1.93. The third-order valence-corrected chi connectivity index (χ3v) is 9.00. The Bertz CT molecular complexity index is 546. The summed E-state index contributed by atoms with van der Waals surface area (Å²) in [6.07, 6.45) is 0.395. The molecule has 1 aliphatic rings. The summed E-state index contributed by atoms with van der Waals surface area (Å²) in [6, 6.07) is 5.36. The second-order valence-electron chi connectivity index (χ2n) is 7.14. The number of carbonyl (C=O) groups excluding carboxylic acids is 1. The van der Waals surface area contributed by atoms with Crippen molar-refractivity contribution in [3.63, 3.8) is 0 Å². The van der Waals surface area contributed by atoms with E-state index in [1.54, 1.807) is 18.2 Å². The normalized spacial score (nSPS) is 14.8. The summed E-state index contributed by atoms with van der Waals surface area (Å²) >= 11 is 0. The van der Waals surface area contributed by atoms with E-state index < -0.39 is 8.32 Å².